The van der Waals surface area contributed by atoms with Crippen LogP contribution in [-0.4, -0.2) is 35.2 Å². The van der Waals surface area contributed by atoms with Crippen LogP contribution < -0.4 is 0 Å². The van der Waals surface area contributed by atoms with Crippen LogP contribution >= 0.6 is 11.6 Å². The zero-order valence-corrected chi connectivity index (χ0v) is 11.5. The van der Waals surface area contributed by atoms with Crippen molar-refractivity contribution in [3.05, 3.63) is 34.6 Å². The minimum absolute atomic E-state index is 0.0461. The summed E-state index contributed by atoms with van der Waals surface area (Å²) in [4.78, 5) is 12.3. The van der Waals surface area contributed by atoms with Gasteiger partial charge in [0.05, 0.1) is 16.9 Å². The Bertz CT molecular complexity index is 549. The number of carboxylic acid groups (broad SMARTS) is 1. The van der Waals surface area contributed by atoms with Gasteiger partial charge in [0.1, 0.15) is 5.82 Å². The van der Waals surface area contributed by atoms with Crippen molar-refractivity contribution < 1.29 is 27.5 Å². The number of carboxylic acids is 1. The molecule has 8 heteroatoms. The highest BCUT2D eigenvalue weighted by Crippen LogP contribution is 2.38. The predicted octanol–water partition coefficient (Wildman–Crippen LogP) is 3.17. The normalized spacial score (nSPS) is 23.5. The molecule has 0 spiro atoms. The number of nitrogens with zero attached hydrogens (tertiary/aromatic N) is 1. The number of benzene rings is 1. The first kappa shape index (κ1) is 16.0. The molecule has 1 N–H and O–H groups in total. The van der Waals surface area contributed by atoms with Crippen molar-refractivity contribution in [2.24, 2.45) is 11.8 Å². The molecule has 1 fully saturated rings. The number of hydrogen-bond acceptors (Lipinski definition) is 2. The quantitative estimate of drug-likeness (QED) is 0.868. The number of alkyl halides is 3. The topological polar surface area (TPSA) is 40.5 Å². The summed E-state index contributed by atoms with van der Waals surface area (Å²) in [5.74, 6) is -5.54. The van der Waals surface area contributed by atoms with E-state index in [4.69, 9.17) is 16.7 Å². The molecule has 0 amide bonds. The monoisotopic (exact) mass is 325 g/mol. The molecule has 0 unspecified atom stereocenters. The molecule has 0 radical (unpaired) electrons. The summed E-state index contributed by atoms with van der Waals surface area (Å²) in [7, 11) is 0. The Hall–Kier alpha value is -1.34. The summed E-state index contributed by atoms with van der Waals surface area (Å²) in [5, 5.41) is 8.83. The van der Waals surface area contributed by atoms with E-state index >= 15 is 0 Å². The van der Waals surface area contributed by atoms with Gasteiger partial charge in [-0.2, -0.15) is 13.2 Å². The number of hydrogen-bond donors (Lipinski definition) is 1. The molecule has 2 atom stereocenters. The van der Waals surface area contributed by atoms with Gasteiger partial charge in [-0.15, -0.1) is 0 Å². The number of carbonyl (C=O) groups is 1. The van der Waals surface area contributed by atoms with Crippen molar-refractivity contribution in [3.8, 4) is 0 Å². The number of likely N-dealkylation sites (tertiary alicyclic amines) is 1. The molecule has 1 heterocycles. The number of halogens is 5. The van der Waals surface area contributed by atoms with E-state index in [-0.39, 0.29) is 18.1 Å². The number of aliphatic carboxylic acids is 1. The maximum Gasteiger partial charge on any atom is 0.393 e. The lowest BCUT2D eigenvalue weighted by Gasteiger charge is -2.18. The second kappa shape index (κ2) is 5.81. The predicted molar refractivity (Wildman–Crippen MR) is 67.4 cm³/mol. The lowest BCUT2D eigenvalue weighted by Crippen LogP contribution is -2.33. The van der Waals surface area contributed by atoms with E-state index in [9.17, 15) is 22.4 Å². The standard InChI is InChI=1S/C13H12ClF4NO2/c14-10-2-1-7(3-11(10)15)4-19-5-8(12(20)21)9(6-19)13(16,17)18/h1-3,8-9H,4-6H2,(H,20,21)/t8-,9-/m1/s1. The van der Waals surface area contributed by atoms with Crippen LogP contribution in [0, 0.1) is 17.7 Å². The minimum atomic E-state index is -4.57. The molecule has 1 saturated heterocycles. The van der Waals surface area contributed by atoms with Crippen LogP contribution in [0.15, 0.2) is 18.2 Å². The summed E-state index contributed by atoms with van der Waals surface area (Å²) in [6, 6.07) is 3.96. The van der Waals surface area contributed by atoms with Crippen LogP contribution in [-0.2, 0) is 11.3 Å². The van der Waals surface area contributed by atoms with Gasteiger partial charge in [0.25, 0.3) is 0 Å². The summed E-state index contributed by atoms with van der Waals surface area (Å²) in [6.45, 7) is -0.584. The molecule has 116 valence electrons. The van der Waals surface area contributed by atoms with Gasteiger partial charge in [-0.1, -0.05) is 17.7 Å². The Morgan fingerprint density at radius 2 is 2.05 bits per heavy atom. The van der Waals surface area contributed by atoms with Crippen molar-refractivity contribution in [2.75, 3.05) is 13.1 Å². The molecular formula is C13H12ClF4NO2. The summed E-state index contributed by atoms with van der Waals surface area (Å²) < 4.78 is 51.8. The van der Waals surface area contributed by atoms with Crippen molar-refractivity contribution in [2.45, 2.75) is 12.7 Å². The van der Waals surface area contributed by atoms with E-state index in [1.165, 1.54) is 17.0 Å². The van der Waals surface area contributed by atoms with E-state index in [0.717, 1.165) is 6.07 Å². The van der Waals surface area contributed by atoms with Crippen LogP contribution in [0.1, 0.15) is 5.56 Å². The highest BCUT2D eigenvalue weighted by Gasteiger charge is 2.52. The van der Waals surface area contributed by atoms with E-state index in [0.29, 0.717) is 5.56 Å². The Morgan fingerprint density at radius 3 is 2.52 bits per heavy atom. The Morgan fingerprint density at radius 1 is 1.38 bits per heavy atom. The fourth-order valence-electron chi connectivity index (χ4n) is 2.49. The Kier molecular flexibility index (Phi) is 4.43. The molecule has 0 bridgehead atoms. The second-order valence-corrected chi connectivity index (χ2v) is 5.44. The Balaban J connectivity index is 2.12. The van der Waals surface area contributed by atoms with Crippen molar-refractivity contribution >= 4 is 17.6 Å². The third-order valence-electron chi connectivity index (χ3n) is 3.52. The lowest BCUT2D eigenvalue weighted by molar-refractivity contribution is -0.188. The Labute approximate surface area is 123 Å². The number of rotatable bonds is 3. The first-order valence-corrected chi connectivity index (χ1v) is 6.52. The van der Waals surface area contributed by atoms with Crippen molar-refractivity contribution in [1.29, 1.82) is 0 Å². The molecule has 1 aromatic carbocycles. The average molecular weight is 326 g/mol. The van der Waals surface area contributed by atoms with E-state index < -0.39 is 36.3 Å². The smallest absolute Gasteiger partial charge is 0.393 e. The first-order valence-electron chi connectivity index (χ1n) is 6.14. The SMILES string of the molecule is O=C(O)[C@@H]1CN(Cc2ccc(Cl)c(F)c2)C[C@H]1C(F)(F)F. The van der Waals surface area contributed by atoms with Crippen LogP contribution in [0.4, 0.5) is 17.6 Å². The fourth-order valence-corrected chi connectivity index (χ4v) is 2.61. The maximum atomic E-state index is 13.3. The van der Waals surface area contributed by atoms with Gasteiger partial charge < -0.3 is 5.11 Å². The third kappa shape index (κ3) is 3.65. The minimum Gasteiger partial charge on any atom is -0.481 e. The second-order valence-electron chi connectivity index (χ2n) is 5.04. The van der Waals surface area contributed by atoms with Crippen LogP contribution in [0.5, 0.6) is 0 Å². The molecule has 1 aliphatic heterocycles. The summed E-state index contributed by atoms with van der Waals surface area (Å²) in [5.41, 5.74) is 0.448. The highest BCUT2D eigenvalue weighted by atomic mass is 35.5. The molecule has 2 rings (SSSR count). The summed E-state index contributed by atoms with van der Waals surface area (Å²) in [6.07, 6.45) is -4.57. The molecular weight excluding hydrogens is 314 g/mol. The molecule has 3 nitrogen and oxygen atoms in total. The van der Waals surface area contributed by atoms with Crippen LogP contribution in [0.25, 0.3) is 0 Å². The fraction of sp³-hybridized carbons (Fsp3) is 0.462. The van der Waals surface area contributed by atoms with Gasteiger partial charge in [-0.3, -0.25) is 9.69 Å². The molecule has 1 aromatic rings. The third-order valence-corrected chi connectivity index (χ3v) is 3.83. The van der Waals surface area contributed by atoms with E-state index in [2.05, 4.69) is 0 Å². The largest absolute Gasteiger partial charge is 0.481 e. The van der Waals surface area contributed by atoms with Gasteiger partial charge in [0.15, 0.2) is 0 Å². The summed E-state index contributed by atoms with van der Waals surface area (Å²) >= 11 is 5.53. The van der Waals surface area contributed by atoms with Crippen molar-refractivity contribution in [3.63, 3.8) is 0 Å². The van der Waals surface area contributed by atoms with Crippen molar-refractivity contribution in [1.82, 2.24) is 4.90 Å². The molecule has 1 aliphatic rings. The molecule has 0 aliphatic carbocycles. The van der Waals surface area contributed by atoms with E-state index in [1.807, 2.05) is 0 Å². The average Bonchev–Trinajstić information content (AvgIpc) is 2.78. The zero-order chi connectivity index (χ0) is 15.8. The molecule has 0 saturated carbocycles. The zero-order valence-electron chi connectivity index (χ0n) is 10.7. The molecule has 21 heavy (non-hydrogen) atoms. The van der Waals surface area contributed by atoms with Gasteiger partial charge >= 0.3 is 12.1 Å². The van der Waals surface area contributed by atoms with Gasteiger partial charge in [0.2, 0.25) is 0 Å². The molecule has 0 aromatic heterocycles. The maximum absolute atomic E-state index is 13.3. The highest BCUT2D eigenvalue weighted by molar-refractivity contribution is 6.30. The van der Waals surface area contributed by atoms with E-state index in [1.54, 1.807) is 0 Å². The first-order chi connectivity index (χ1) is 9.68. The van der Waals surface area contributed by atoms with Gasteiger partial charge in [-0.05, 0) is 17.7 Å². The van der Waals surface area contributed by atoms with Crippen LogP contribution in [0.3, 0.4) is 0 Å². The lowest BCUT2D eigenvalue weighted by atomic mass is 9.96. The van der Waals surface area contributed by atoms with Gasteiger partial charge in [-0.25, -0.2) is 4.39 Å². The van der Waals surface area contributed by atoms with Crippen LogP contribution in [0.2, 0.25) is 5.02 Å². The van der Waals surface area contributed by atoms with Gasteiger partial charge in [0, 0.05) is 19.6 Å².